The van der Waals surface area contributed by atoms with E-state index in [-0.39, 0.29) is 18.3 Å². The number of carbonyl (C=O) groups is 1. The van der Waals surface area contributed by atoms with Gasteiger partial charge in [-0.2, -0.15) is 0 Å². The zero-order valence-corrected chi connectivity index (χ0v) is 17.0. The van der Waals surface area contributed by atoms with Gasteiger partial charge in [0.1, 0.15) is 11.6 Å². The van der Waals surface area contributed by atoms with Crippen molar-refractivity contribution < 1.29 is 13.9 Å². The number of nitrogens with one attached hydrogen (secondary N) is 2. The lowest BCUT2D eigenvalue weighted by Gasteiger charge is -2.08. The minimum atomic E-state index is -0.260. The molecule has 30 heavy (non-hydrogen) atoms. The summed E-state index contributed by atoms with van der Waals surface area (Å²) in [5.74, 6) is 0.957. The summed E-state index contributed by atoms with van der Waals surface area (Å²) in [4.78, 5) is 16.6. The van der Waals surface area contributed by atoms with Crippen molar-refractivity contribution in [3.63, 3.8) is 0 Å². The molecule has 0 saturated heterocycles. The quantitative estimate of drug-likeness (QED) is 0.302. The summed E-state index contributed by atoms with van der Waals surface area (Å²) < 4.78 is 18.8. The van der Waals surface area contributed by atoms with Gasteiger partial charge in [0, 0.05) is 28.1 Å². The van der Waals surface area contributed by atoms with Gasteiger partial charge in [-0.1, -0.05) is 36.4 Å². The van der Waals surface area contributed by atoms with Gasteiger partial charge in [-0.25, -0.2) is 4.39 Å². The lowest BCUT2D eigenvalue weighted by Crippen LogP contribution is -2.30. The molecule has 6 heteroatoms. The van der Waals surface area contributed by atoms with Gasteiger partial charge in [-0.15, -0.1) is 11.8 Å². The third-order valence-corrected chi connectivity index (χ3v) is 5.70. The smallest absolute Gasteiger partial charge is 0.257 e. The van der Waals surface area contributed by atoms with Crippen molar-refractivity contribution >= 4 is 28.6 Å². The van der Waals surface area contributed by atoms with Crippen molar-refractivity contribution in [1.82, 2.24) is 10.3 Å². The monoisotopic (exact) mass is 420 g/mol. The average Bonchev–Trinajstić information content (AvgIpc) is 3.15. The molecule has 1 aromatic heterocycles. The summed E-state index contributed by atoms with van der Waals surface area (Å²) in [5.41, 5.74) is 2.91. The Morgan fingerprint density at radius 1 is 0.967 bits per heavy atom. The third kappa shape index (κ3) is 4.83. The predicted molar refractivity (Wildman–Crippen MR) is 119 cm³/mol. The Morgan fingerprint density at radius 3 is 2.50 bits per heavy atom. The molecule has 0 atom stereocenters. The maximum Gasteiger partial charge on any atom is 0.257 e. The molecule has 2 N–H and O–H groups in total. The number of aromatic nitrogens is 1. The summed E-state index contributed by atoms with van der Waals surface area (Å²) >= 11 is 1.66. The van der Waals surface area contributed by atoms with Crippen LogP contribution in [-0.4, -0.2) is 29.8 Å². The Bertz CT molecular complexity index is 1130. The molecule has 0 unspecified atom stereocenters. The predicted octanol–water partition coefficient (Wildman–Crippen LogP) is 5.26. The number of carbonyl (C=O) groups excluding carboxylic acids is 1. The highest BCUT2D eigenvalue weighted by Crippen LogP contribution is 2.37. The Balaban J connectivity index is 1.38. The number of hydrogen-bond donors (Lipinski definition) is 2. The van der Waals surface area contributed by atoms with E-state index in [4.69, 9.17) is 4.74 Å². The second-order valence-electron chi connectivity index (χ2n) is 6.68. The number of thioether (sulfide) groups is 1. The van der Waals surface area contributed by atoms with Gasteiger partial charge in [0.2, 0.25) is 0 Å². The van der Waals surface area contributed by atoms with Crippen LogP contribution >= 0.6 is 11.8 Å². The Labute approximate surface area is 178 Å². The number of amides is 1. The zero-order chi connectivity index (χ0) is 20.8. The average molecular weight is 421 g/mol. The molecule has 0 aliphatic heterocycles. The first-order valence-electron chi connectivity index (χ1n) is 9.65. The van der Waals surface area contributed by atoms with Crippen molar-refractivity contribution in [2.24, 2.45) is 0 Å². The summed E-state index contributed by atoms with van der Waals surface area (Å²) in [6, 6.07) is 23.8. The van der Waals surface area contributed by atoms with E-state index >= 15 is 0 Å². The molecular formula is C24H21FN2O2S. The lowest BCUT2D eigenvalue weighted by molar-refractivity contribution is -0.122. The highest BCUT2D eigenvalue weighted by atomic mass is 32.2. The van der Waals surface area contributed by atoms with E-state index in [0.29, 0.717) is 18.0 Å². The van der Waals surface area contributed by atoms with Gasteiger partial charge in [0.25, 0.3) is 5.91 Å². The summed E-state index contributed by atoms with van der Waals surface area (Å²) in [7, 11) is 0. The van der Waals surface area contributed by atoms with Crippen molar-refractivity contribution in [2.45, 2.75) is 4.90 Å². The molecule has 1 heterocycles. The van der Waals surface area contributed by atoms with Gasteiger partial charge in [0.05, 0.1) is 5.69 Å². The molecule has 1 amide bonds. The highest BCUT2D eigenvalue weighted by molar-refractivity contribution is 7.99. The van der Waals surface area contributed by atoms with Crippen molar-refractivity contribution in [3.8, 4) is 17.0 Å². The van der Waals surface area contributed by atoms with Crippen LogP contribution in [0.3, 0.4) is 0 Å². The van der Waals surface area contributed by atoms with Crippen LogP contribution in [0.5, 0.6) is 5.75 Å². The van der Waals surface area contributed by atoms with E-state index in [9.17, 15) is 9.18 Å². The molecule has 0 bridgehead atoms. The molecule has 4 rings (SSSR count). The van der Waals surface area contributed by atoms with E-state index in [0.717, 1.165) is 27.1 Å². The lowest BCUT2D eigenvalue weighted by atomic mass is 10.1. The number of halogens is 1. The van der Waals surface area contributed by atoms with Gasteiger partial charge in [0.15, 0.2) is 6.61 Å². The van der Waals surface area contributed by atoms with Crippen LogP contribution in [0.2, 0.25) is 0 Å². The fraction of sp³-hybridized carbons (Fsp3) is 0.125. The molecular weight excluding hydrogens is 399 g/mol. The van der Waals surface area contributed by atoms with Crippen LogP contribution in [0, 0.1) is 5.82 Å². The minimum Gasteiger partial charge on any atom is -0.484 e. The van der Waals surface area contributed by atoms with E-state index in [1.807, 2.05) is 48.5 Å². The zero-order valence-electron chi connectivity index (χ0n) is 16.2. The van der Waals surface area contributed by atoms with Crippen LogP contribution in [0.25, 0.3) is 22.2 Å². The Hall–Kier alpha value is -3.25. The van der Waals surface area contributed by atoms with Crippen LogP contribution in [0.1, 0.15) is 0 Å². The summed E-state index contributed by atoms with van der Waals surface area (Å²) in [5, 5.41) is 4.00. The molecule has 0 aliphatic carbocycles. The molecule has 0 saturated carbocycles. The molecule has 4 nitrogen and oxygen atoms in total. The minimum absolute atomic E-state index is 0.0113. The van der Waals surface area contributed by atoms with Crippen LogP contribution in [-0.2, 0) is 4.79 Å². The highest BCUT2D eigenvalue weighted by Gasteiger charge is 2.14. The van der Waals surface area contributed by atoms with E-state index in [2.05, 4.69) is 16.4 Å². The first-order chi connectivity index (χ1) is 14.7. The number of fused-ring (bicyclic) bond motifs is 1. The molecule has 0 fully saturated rings. The maximum absolute atomic E-state index is 13.3. The maximum atomic E-state index is 13.3. The number of aromatic amines is 1. The number of hydrogen-bond acceptors (Lipinski definition) is 3. The third-order valence-electron chi connectivity index (χ3n) is 4.58. The van der Waals surface area contributed by atoms with Gasteiger partial charge >= 0.3 is 0 Å². The van der Waals surface area contributed by atoms with Crippen LogP contribution in [0.4, 0.5) is 4.39 Å². The second kappa shape index (κ2) is 9.50. The van der Waals surface area contributed by atoms with E-state index < -0.39 is 0 Å². The number of ether oxygens (including phenoxy) is 1. The standard InChI is InChI=1S/C24H21FN2O2S/c25-18-12-10-17(11-13-18)23-24(20-8-4-5-9-21(20)27-23)30-15-14-26-22(28)16-29-19-6-2-1-3-7-19/h1-13,27H,14-16H2,(H,26,28). The molecule has 0 spiro atoms. The molecule has 3 aromatic carbocycles. The number of para-hydroxylation sites is 2. The Kier molecular flexibility index (Phi) is 6.35. The van der Waals surface area contributed by atoms with Gasteiger partial charge in [-0.3, -0.25) is 4.79 Å². The van der Waals surface area contributed by atoms with Crippen LogP contribution < -0.4 is 10.1 Å². The largest absolute Gasteiger partial charge is 0.484 e. The Morgan fingerprint density at radius 2 is 1.70 bits per heavy atom. The topological polar surface area (TPSA) is 54.1 Å². The first-order valence-corrected chi connectivity index (χ1v) is 10.6. The van der Waals surface area contributed by atoms with Crippen LogP contribution in [0.15, 0.2) is 83.8 Å². The molecule has 0 aliphatic rings. The SMILES string of the molecule is O=C(COc1ccccc1)NCCSc1c(-c2ccc(F)cc2)[nH]c2ccccc12. The number of H-pyrrole nitrogens is 1. The first kappa shape index (κ1) is 20.0. The normalized spacial score (nSPS) is 10.8. The van der Waals surface area contributed by atoms with Gasteiger partial charge in [-0.05, 0) is 48.0 Å². The fourth-order valence-corrected chi connectivity index (χ4v) is 4.20. The van der Waals surface area contributed by atoms with E-state index in [1.54, 1.807) is 23.9 Å². The van der Waals surface area contributed by atoms with Crippen molar-refractivity contribution in [3.05, 3.63) is 84.7 Å². The summed E-state index contributed by atoms with van der Waals surface area (Å²) in [6.07, 6.45) is 0. The number of rotatable bonds is 8. The van der Waals surface area contributed by atoms with Gasteiger partial charge < -0.3 is 15.0 Å². The second-order valence-corrected chi connectivity index (χ2v) is 7.79. The fourth-order valence-electron chi connectivity index (χ4n) is 3.15. The van der Waals surface area contributed by atoms with E-state index in [1.165, 1.54) is 12.1 Å². The van der Waals surface area contributed by atoms with Crippen molar-refractivity contribution in [1.29, 1.82) is 0 Å². The molecule has 4 aromatic rings. The molecule has 152 valence electrons. The summed E-state index contributed by atoms with van der Waals surface area (Å²) in [6.45, 7) is 0.507. The molecule has 0 radical (unpaired) electrons. The van der Waals surface area contributed by atoms with Crippen molar-refractivity contribution in [2.75, 3.05) is 18.9 Å². The number of benzene rings is 3.